The van der Waals surface area contributed by atoms with E-state index in [-0.39, 0.29) is 11.3 Å². The third-order valence-electron chi connectivity index (χ3n) is 4.92. The van der Waals surface area contributed by atoms with E-state index < -0.39 is 0 Å². The van der Waals surface area contributed by atoms with E-state index in [1.807, 2.05) is 65.6 Å². The summed E-state index contributed by atoms with van der Waals surface area (Å²) in [5, 5.41) is -0.105. The molecule has 6 heteroatoms. The Morgan fingerprint density at radius 3 is 2.27 bits per heavy atom. The fourth-order valence-corrected chi connectivity index (χ4v) is 4.76. The second-order valence-corrected chi connectivity index (χ2v) is 7.93. The summed E-state index contributed by atoms with van der Waals surface area (Å²) in [6.45, 7) is 0.652. The number of rotatable bonds is 6. The van der Waals surface area contributed by atoms with Gasteiger partial charge in [0.2, 0.25) is 0 Å². The lowest BCUT2D eigenvalue weighted by atomic mass is 10.1. The number of methoxy groups -OCH3 is 2. The van der Waals surface area contributed by atoms with Gasteiger partial charge in [-0.2, -0.15) is 0 Å². The first-order chi connectivity index (χ1) is 14.7. The Kier molecular flexibility index (Phi) is 6.14. The van der Waals surface area contributed by atoms with Crippen LogP contribution in [0.5, 0.6) is 23.0 Å². The van der Waals surface area contributed by atoms with Crippen molar-refractivity contribution in [3.05, 3.63) is 83.9 Å². The molecule has 1 aliphatic rings. The molecular weight excluding hydrogens is 398 g/mol. The summed E-state index contributed by atoms with van der Waals surface area (Å²) in [4.78, 5) is 15.4. The van der Waals surface area contributed by atoms with Crippen molar-refractivity contribution in [2.45, 2.75) is 5.37 Å². The number of hydrogen-bond donors (Lipinski definition) is 0. The number of ether oxygens (including phenoxy) is 3. The lowest BCUT2D eigenvalue weighted by Crippen LogP contribution is -2.31. The molecule has 1 amide bonds. The van der Waals surface area contributed by atoms with Gasteiger partial charge in [0, 0.05) is 12.3 Å². The molecule has 5 nitrogen and oxygen atoms in total. The molecule has 1 aliphatic heterocycles. The third kappa shape index (κ3) is 4.09. The molecule has 1 saturated heterocycles. The van der Waals surface area contributed by atoms with Gasteiger partial charge < -0.3 is 19.1 Å². The van der Waals surface area contributed by atoms with Gasteiger partial charge in [0.25, 0.3) is 5.91 Å². The van der Waals surface area contributed by atoms with Gasteiger partial charge in [0.15, 0.2) is 0 Å². The van der Waals surface area contributed by atoms with Crippen molar-refractivity contribution in [3.8, 4) is 23.0 Å². The van der Waals surface area contributed by atoms with Crippen molar-refractivity contribution in [3.63, 3.8) is 0 Å². The van der Waals surface area contributed by atoms with Crippen molar-refractivity contribution in [1.82, 2.24) is 4.90 Å². The van der Waals surface area contributed by atoms with Crippen LogP contribution in [0.25, 0.3) is 0 Å². The van der Waals surface area contributed by atoms with Crippen LogP contribution in [0.15, 0.2) is 72.8 Å². The van der Waals surface area contributed by atoms with E-state index in [1.54, 1.807) is 38.1 Å². The van der Waals surface area contributed by atoms with Gasteiger partial charge in [-0.1, -0.05) is 36.4 Å². The van der Waals surface area contributed by atoms with Gasteiger partial charge in [0.1, 0.15) is 33.9 Å². The average Bonchev–Trinajstić information content (AvgIpc) is 3.29. The maximum Gasteiger partial charge on any atom is 0.262 e. The lowest BCUT2D eigenvalue weighted by molar-refractivity contribution is 0.0753. The van der Waals surface area contributed by atoms with Gasteiger partial charge >= 0.3 is 0 Å². The largest absolute Gasteiger partial charge is 0.496 e. The molecule has 1 atom stereocenters. The van der Waals surface area contributed by atoms with Gasteiger partial charge in [0.05, 0.1) is 14.2 Å². The second-order valence-electron chi connectivity index (χ2n) is 6.75. The zero-order chi connectivity index (χ0) is 20.9. The summed E-state index contributed by atoms with van der Waals surface area (Å²) in [6, 6.07) is 22.9. The fourth-order valence-electron chi connectivity index (χ4n) is 3.52. The minimum atomic E-state index is -0.105. The Bertz CT molecular complexity index is 1000. The second kappa shape index (κ2) is 9.13. The molecule has 3 aromatic carbocycles. The van der Waals surface area contributed by atoms with Crippen molar-refractivity contribution < 1.29 is 19.0 Å². The third-order valence-corrected chi connectivity index (χ3v) is 6.18. The molecule has 0 aromatic heterocycles. The average molecular weight is 422 g/mol. The summed E-state index contributed by atoms with van der Waals surface area (Å²) < 4.78 is 16.9. The van der Waals surface area contributed by atoms with Crippen LogP contribution in [0.3, 0.4) is 0 Å². The number of carbonyl (C=O) groups excluding carboxylic acids is 1. The fraction of sp³-hybridized carbons (Fsp3) is 0.208. The summed E-state index contributed by atoms with van der Waals surface area (Å²) >= 11 is 1.74. The quantitative estimate of drug-likeness (QED) is 0.534. The Labute approximate surface area is 180 Å². The number of hydrogen-bond acceptors (Lipinski definition) is 5. The van der Waals surface area contributed by atoms with Gasteiger partial charge in [-0.3, -0.25) is 4.79 Å². The molecule has 154 valence electrons. The van der Waals surface area contributed by atoms with Crippen LogP contribution in [-0.2, 0) is 0 Å². The normalized spacial score (nSPS) is 15.7. The monoisotopic (exact) mass is 421 g/mol. The first-order valence-corrected chi connectivity index (χ1v) is 10.7. The van der Waals surface area contributed by atoms with Crippen LogP contribution < -0.4 is 14.2 Å². The predicted octanol–water partition coefficient (Wildman–Crippen LogP) is 5.38. The van der Waals surface area contributed by atoms with Crippen LogP contribution in [0.4, 0.5) is 0 Å². The zero-order valence-corrected chi connectivity index (χ0v) is 17.7. The first-order valence-electron chi connectivity index (χ1n) is 9.67. The molecule has 0 N–H and O–H groups in total. The minimum absolute atomic E-state index is 0.103. The number of benzene rings is 3. The van der Waals surface area contributed by atoms with Crippen LogP contribution in [-0.4, -0.2) is 37.3 Å². The Morgan fingerprint density at radius 2 is 1.57 bits per heavy atom. The van der Waals surface area contributed by atoms with E-state index in [1.165, 1.54) is 0 Å². The smallest absolute Gasteiger partial charge is 0.262 e. The highest BCUT2D eigenvalue weighted by Gasteiger charge is 2.34. The van der Waals surface area contributed by atoms with Crippen LogP contribution in [0.2, 0.25) is 0 Å². The van der Waals surface area contributed by atoms with Gasteiger partial charge in [-0.05, 0) is 42.0 Å². The molecule has 0 saturated carbocycles. The molecule has 1 fully saturated rings. The molecule has 0 radical (unpaired) electrons. The van der Waals surface area contributed by atoms with E-state index in [4.69, 9.17) is 14.2 Å². The van der Waals surface area contributed by atoms with E-state index in [9.17, 15) is 4.79 Å². The van der Waals surface area contributed by atoms with Crippen LogP contribution >= 0.6 is 11.8 Å². The maximum absolute atomic E-state index is 13.5. The number of amides is 1. The standard InChI is InChI=1S/C24H23NO4S/c1-27-20-12-7-13-21(28-2)22(20)23(26)25-14-15-30-24(25)17-8-6-11-19(16-17)29-18-9-4-3-5-10-18/h3-13,16,24H,14-15H2,1-2H3/t24-/m0/s1. The summed E-state index contributed by atoms with van der Waals surface area (Å²) in [7, 11) is 3.12. The Hall–Kier alpha value is -3.12. The molecule has 30 heavy (non-hydrogen) atoms. The zero-order valence-electron chi connectivity index (χ0n) is 16.9. The highest BCUT2D eigenvalue weighted by atomic mass is 32.2. The molecule has 0 aliphatic carbocycles. The van der Waals surface area contributed by atoms with Crippen molar-refractivity contribution >= 4 is 17.7 Å². The molecule has 1 heterocycles. The van der Waals surface area contributed by atoms with E-state index in [2.05, 4.69) is 0 Å². The highest BCUT2D eigenvalue weighted by molar-refractivity contribution is 7.99. The van der Waals surface area contributed by atoms with Crippen molar-refractivity contribution in [1.29, 1.82) is 0 Å². The van der Waals surface area contributed by atoms with Crippen molar-refractivity contribution in [2.24, 2.45) is 0 Å². The first kappa shape index (κ1) is 20.2. The van der Waals surface area contributed by atoms with Crippen LogP contribution in [0, 0.1) is 0 Å². The predicted molar refractivity (Wildman–Crippen MR) is 119 cm³/mol. The number of thioether (sulfide) groups is 1. The summed E-state index contributed by atoms with van der Waals surface area (Å²) in [5.41, 5.74) is 1.47. The van der Waals surface area contributed by atoms with E-state index >= 15 is 0 Å². The molecule has 0 bridgehead atoms. The number of carbonyl (C=O) groups is 1. The van der Waals surface area contributed by atoms with Gasteiger partial charge in [-0.25, -0.2) is 0 Å². The lowest BCUT2D eigenvalue weighted by Gasteiger charge is -2.26. The minimum Gasteiger partial charge on any atom is -0.496 e. The SMILES string of the molecule is COc1cccc(OC)c1C(=O)N1CCS[C@H]1c1cccc(Oc2ccccc2)c1. The van der Waals surface area contributed by atoms with E-state index in [0.717, 1.165) is 22.8 Å². The van der Waals surface area contributed by atoms with E-state index in [0.29, 0.717) is 23.6 Å². The molecule has 4 rings (SSSR count). The Balaban J connectivity index is 1.62. The van der Waals surface area contributed by atoms with Gasteiger partial charge in [-0.15, -0.1) is 11.8 Å². The van der Waals surface area contributed by atoms with Crippen LogP contribution in [0.1, 0.15) is 21.3 Å². The Morgan fingerprint density at radius 1 is 0.900 bits per heavy atom. The molecule has 0 unspecified atom stereocenters. The topological polar surface area (TPSA) is 48.0 Å². The summed E-state index contributed by atoms with van der Waals surface area (Å²) in [6.07, 6.45) is 0. The maximum atomic E-state index is 13.5. The number of para-hydroxylation sites is 1. The highest BCUT2D eigenvalue weighted by Crippen LogP contribution is 2.42. The molecule has 3 aromatic rings. The number of nitrogens with zero attached hydrogens (tertiary/aromatic N) is 1. The summed E-state index contributed by atoms with van der Waals surface area (Å²) in [5.74, 6) is 3.30. The molecule has 0 spiro atoms. The van der Waals surface area contributed by atoms with Crippen molar-refractivity contribution in [2.75, 3.05) is 26.5 Å². The molecular formula is C24H23NO4S.